The van der Waals surface area contributed by atoms with Gasteiger partial charge in [-0.1, -0.05) is 6.07 Å². The highest BCUT2D eigenvalue weighted by Gasteiger charge is 2.14. The summed E-state index contributed by atoms with van der Waals surface area (Å²) in [4.78, 5) is 1.95. The standard InChI is InChI=1S/C12H19FN2O/c1-9(14)12-10(13)5-4-6-11(12)15(2)7-8-16-3/h4-6,9H,7-8,14H2,1-3H3/t9-/m1/s1. The molecule has 3 nitrogen and oxygen atoms in total. The van der Waals surface area contributed by atoms with Gasteiger partial charge in [-0.3, -0.25) is 0 Å². The average Bonchev–Trinajstić information content (AvgIpc) is 2.24. The predicted molar refractivity (Wildman–Crippen MR) is 64.1 cm³/mol. The summed E-state index contributed by atoms with van der Waals surface area (Å²) in [6, 6.07) is 4.69. The van der Waals surface area contributed by atoms with Crippen LogP contribution in [-0.2, 0) is 4.74 Å². The highest BCUT2D eigenvalue weighted by molar-refractivity contribution is 5.54. The lowest BCUT2D eigenvalue weighted by Gasteiger charge is -2.24. The Morgan fingerprint density at radius 1 is 1.50 bits per heavy atom. The van der Waals surface area contributed by atoms with Crippen molar-refractivity contribution in [3.8, 4) is 0 Å². The zero-order valence-corrected chi connectivity index (χ0v) is 10.0. The topological polar surface area (TPSA) is 38.5 Å². The minimum absolute atomic E-state index is 0.253. The van der Waals surface area contributed by atoms with Crippen LogP contribution in [0.4, 0.5) is 10.1 Å². The molecule has 0 heterocycles. The summed E-state index contributed by atoms with van der Waals surface area (Å²) in [5.74, 6) is -0.253. The number of nitrogens with two attached hydrogens (primary N) is 1. The summed E-state index contributed by atoms with van der Waals surface area (Å²) in [7, 11) is 3.55. The molecule has 0 saturated heterocycles. The number of methoxy groups -OCH3 is 1. The van der Waals surface area contributed by atoms with Crippen LogP contribution in [0.15, 0.2) is 18.2 Å². The van der Waals surface area contributed by atoms with E-state index in [-0.39, 0.29) is 11.9 Å². The Morgan fingerprint density at radius 2 is 2.19 bits per heavy atom. The van der Waals surface area contributed by atoms with Crippen LogP contribution in [0.25, 0.3) is 0 Å². The van der Waals surface area contributed by atoms with E-state index in [4.69, 9.17) is 10.5 Å². The molecule has 2 N–H and O–H groups in total. The molecule has 4 heteroatoms. The Morgan fingerprint density at radius 3 is 2.75 bits per heavy atom. The Hall–Kier alpha value is -1.13. The van der Waals surface area contributed by atoms with Crippen molar-refractivity contribution in [1.29, 1.82) is 0 Å². The molecule has 0 aliphatic rings. The third-order valence-electron chi connectivity index (χ3n) is 2.53. The van der Waals surface area contributed by atoms with E-state index in [0.717, 1.165) is 5.69 Å². The normalized spacial score (nSPS) is 12.6. The lowest BCUT2D eigenvalue weighted by atomic mass is 10.1. The van der Waals surface area contributed by atoms with Gasteiger partial charge >= 0.3 is 0 Å². The summed E-state index contributed by atoms with van der Waals surface area (Å²) in [5.41, 5.74) is 7.17. The van der Waals surface area contributed by atoms with Gasteiger partial charge in [0.15, 0.2) is 0 Å². The van der Waals surface area contributed by atoms with E-state index in [0.29, 0.717) is 18.7 Å². The number of rotatable bonds is 5. The first-order chi connectivity index (χ1) is 7.57. The molecule has 0 spiro atoms. The monoisotopic (exact) mass is 226 g/mol. The van der Waals surface area contributed by atoms with E-state index in [9.17, 15) is 4.39 Å². The number of halogens is 1. The highest BCUT2D eigenvalue weighted by atomic mass is 19.1. The number of likely N-dealkylation sites (N-methyl/N-ethyl adjacent to an activating group) is 1. The van der Waals surface area contributed by atoms with Gasteiger partial charge in [-0.15, -0.1) is 0 Å². The van der Waals surface area contributed by atoms with Gasteiger partial charge in [0.05, 0.1) is 6.61 Å². The van der Waals surface area contributed by atoms with Crippen LogP contribution < -0.4 is 10.6 Å². The van der Waals surface area contributed by atoms with Gasteiger partial charge in [-0.2, -0.15) is 0 Å². The van der Waals surface area contributed by atoms with Crippen molar-refractivity contribution >= 4 is 5.69 Å². The van der Waals surface area contributed by atoms with E-state index in [1.54, 1.807) is 20.1 Å². The third kappa shape index (κ3) is 2.93. The molecule has 90 valence electrons. The second kappa shape index (κ2) is 5.82. The number of ether oxygens (including phenoxy) is 1. The minimum atomic E-state index is -0.318. The molecule has 1 rings (SSSR count). The fraction of sp³-hybridized carbons (Fsp3) is 0.500. The van der Waals surface area contributed by atoms with Gasteiger partial charge in [0, 0.05) is 38.0 Å². The van der Waals surface area contributed by atoms with Gasteiger partial charge in [0.2, 0.25) is 0 Å². The van der Waals surface area contributed by atoms with Crippen molar-refractivity contribution < 1.29 is 9.13 Å². The largest absolute Gasteiger partial charge is 0.383 e. The minimum Gasteiger partial charge on any atom is -0.383 e. The summed E-state index contributed by atoms with van der Waals surface area (Å²) in [5, 5.41) is 0. The SMILES string of the molecule is COCCN(C)c1cccc(F)c1[C@@H](C)N. The van der Waals surface area contributed by atoms with E-state index in [1.165, 1.54) is 6.07 Å². The molecule has 0 unspecified atom stereocenters. The molecule has 0 saturated carbocycles. The first-order valence-corrected chi connectivity index (χ1v) is 5.32. The van der Waals surface area contributed by atoms with Crippen molar-refractivity contribution in [3.05, 3.63) is 29.6 Å². The summed E-state index contributed by atoms with van der Waals surface area (Å²) >= 11 is 0. The van der Waals surface area contributed by atoms with E-state index >= 15 is 0 Å². The van der Waals surface area contributed by atoms with E-state index in [2.05, 4.69) is 0 Å². The van der Waals surface area contributed by atoms with E-state index < -0.39 is 0 Å². The predicted octanol–water partition coefficient (Wildman–Crippen LogP) is 1.93. The second-order valence-corrected chi connectivity index (χ2v) is 3.88. The van der Waals surface area contributed by atoms with Crippen LogP contribution in [0.5, 0.6) is 0 Å². The van der Waals surface area contributed by atoms with Gasteiger partial charge in [0.1, 0.15) is 5.82 Å². The first-order valence-electron chi connectivity index (χ1n) is 5.32. The Bertz CT molecular complexity index is 342. The molecule has 16 heavy (non-hydrogen) atoms. The Kier molecular flexibility index (Phi) is 4.71. The summed E-state index contributed by atoms with van der Waals surface area (Å²) in [6.45, 7) is 3.09. The molecule has 1 atom stereocenters. The quantitative estimate of drug-likeness (QED) is 0.833. The van der Waals surface area contributed by atoms with Crippen LogP contribution in [0.1, 0.15) is 18.5 Å². The number of hydrogen-bond donors (Lipinski definition) is 1. The van der Waals surface area contributed by atoms with Crippen LogP contribution in [0.3, 0.4) is 0 Å². The van der Waals surface area contributed by atoms with Gasteiger partial charge in [-0.05, 0) is 19.1 Å². The first kappa shape index (κ1) is 12.9. The maximum Gasteiger partial charge on any atom is 0.130 e. The van der Waals surface area contributed by atoms with Crippen molar-refractivity contribution in [3.63, 3.8) is 0 Å². The Balaban J connectivity index is 2.98. The van der Waals surface area contributed by atoms with Gasteiger partial charge < -0.3 is 15.4 Å². The number of anilines is 1. The molecular formula is C12H19FN2O. The highest BCUT2D eigenvalue weighted by Crippen LogP contribution is 2.26. The average molecular weight is 226 g/mol. The van der Waals surface area contributed by atoms with Crippen LogP contribution in [0.2, 0.25) is 0 Å². The fourth-order valence-corrected chi connectivity index (χ4v) is 1.66. The number of nitrogens with zero attached hydrogens (tertiary/aromatic N) is 1. The van der Waals surface area contributed by atoms with Crippen molar-refractivity contribution in [2.75, 3.05) is 32.2 Å². The smallest absolute Gasteiger partial charge is 0.130 e. The molecule has 0 bridgehead atoms. The molecule has 0 aliphatic heterocycles. The van der Waals surface area contributed by atoms with Gasteiger partial charge in [-0.25, -0.2) is 4.39 Å². The zero-order chi connectivity index (χ0) is 12.1. The summed E-state index contributed by atoms with van der Waals surface area (Å²) < 4.78 is 18.6. The van der Waals surface area contributed by atoms with Crippen molar-refractivity contribution in [1.82, 2.24) is 0 Å². The molecule has 1 aromatic rings. The number of hydrogen-bond acceptors (Lipinski definition) is 3. The maximum absolute atomic E-state index is 13.6. The van der Waals surface area contributed by atoms with Crippen LogP contribution in [-0.4, -0.2) is 27.3 Å². The lowest BCUT2D eigenvalue weighted by Crippen LogP contribution is -2.25. The van der Waals surface area contributed by atoms with Gasteiger partial charge in [0.25, 0.3) is 0 Å². The third-order valence-corrected chi connectivity index (χ3v) is 2.53. The molecule has 0 fully saturated rings. The molecule has 0 amide bonds. The van der Waals surface area contributed by atoms with Crippen LogP contribution in [0, 0.1) is 5.82 Å². The molecule has 0 aliphatic carbocycles. The Labute approximate surface area is 96.0 Å². The maximum atomic E-state index is 13.6. The molecule has 1 aromatic carbocycles. The summed E-state index contributed by atoms with van der Waals surface area (Å²) in [6.07, 6.45) is 0. The van der Waals surface area contributed by atoms with Crippen molar-refractivity contribution in [2.24, 2.45) is 5.73 Å². The zero-order valence-electron chi connectivity index (χ0n) is 10.0. The number of benzene rings is 1. The van der Waals surface area contributed by atoms with Crippen LogP contribution >= 0.6 is 0 Å². The molecule has 0 radical (unpaired) electrons. The molecule has 0 aromatic heterocycles. The fourth-order valence-electron chi connectivity index (χ4n) is 1.66. The lowest BCUT2D eigenvalue weighted by molar-refractivity contribution is 0.206. The second-order valence-electron chi connectivity index (χ2n) is 3.88. The van der Waals surface area contributed by atoms with E-state index in [1.807, 2.05) is 18.0 Å². The molecular weight excluding hydrogens is 207 g/mol. The van der Waals surface area contributed by atoms with Crippen molar-refractivity contribution in [2.45, 2.75) is 13.0 Å².